The number of hydrogen-bond donors (Lipinski definition) is 3. The molecule has 0 unspecified atom stereocenters. The Morgan fingerprint density at radius 1 is 1.33 bits per heavy atom. The van der Waals surface area contributed by atoms with Gasteiger partial charge in [-0.2, -0.15) is 5.10 Å². The van der Waals surface area contributed by atoms with Gasteiger partial charge in [-0.15, -0.1) is 12.4 Å². The quantitative estimate of drug-likeness (QED) is 0.581. The monoisotopic (exact) mass is 438 g/mol. The van der Waals surface area contributed by atoms with Crippen molar-refractivity contribution in [2.24, 2.45) is 0 Å². The van der Waals surface area contributed by atoms with Crippen LogP contribution in [0.4, 0.5) is 25.1 Å². The number of nitrogens with zero attached hydrogens (tertiary/aromatic N) is 4. The van der Waals surface area contributed by atoms with Crippen molar-refractivity contribution in [1.29, 1.82) is 0 Å². The van der Waals surface area contributed by atoms with E-state index in [0.29, 0.717) is 30.1 Å². The number of halogens is 3. The van der Waals surface area contributed by atoms with Crippen LogP contribution in [0.5, 0.6) is 0 Å². The highest BCUT2D eigenvalue weighted by Gasteiger charge is 2.25. The lowest BCUT2D eigenvalue weighted by Gasteiger charge is -2.17. The van der Waals surface area contributed by atoms with Crippen molar-refractivity contribution >= 4 is 35.6 Å². The number of anilines is 2. The van der Waals surface area contributed by atoms with Crippen molar-refractivity contribution in [1.82, 2.24) is 19.5 Å². The molecule has 11 heteroatoms. The summed E-state index contributed by atoms with van der Waals surface area (Å²) in [5, 5.41) is 19.5. The van der Waals surface area contributed by atoms with Gasteiger partial charge in [-0.25, -0.2) is 23.1 Å². The molecule has 2 aromatic heterocycles. The lowest BCUT2D eigenvalue weighted by molar-refractivity contribution is 0.176. The lowest BCUT2D eigenvalue weighted by atomic mass is 10.1. The number of amides is 2. The van der Waals surface area contributed by atoms with Crippen LogP contribution in [0, 0.1) is 11.6 Å². The first-order chi connectivity index (χ1) is 13.9. The number of carbonyl (C=O) groups is 1. The predicted octanol–water partition coefficient (Wildman–Crippen LogP) is 3.20. The molecule has 0 radical (unpaired) electrons. The number of aliphatic hydroxyl groups is 1. The highest BCUT2D eigenvalue weighted by atomic mass is 35.5. The molecule has 0 bridgehead atoms. The van der Waals surface area contributed by atoms with Gasteiger partial charge in [0.2, 0.25) is 0 Å². The Hall–Kier alpha value is -2.98. The van der Waals surface area contributed by atoms with E-state index in [1.54, 1.807) is 19.2 Å². The Balaban J connectivity index is 0.00000256. The van der Waals surface area contributed by atoms with Crippen molar-refractivity contribution in [3.63, 3.8) is 0 Å². The molecule has 30 heavy (non-hydrogen) atoms. The van der Waals surface area contributed by atoms with Crippen LogP contribution in [0.25, 0.3) is 5.65 Å². The zero-order chi connectivity index (χ0) is 20.5. The van der Waals surface area contributed by atoms with Crippen LogP contribution in [0.1, 0.15) is 24.9 Å². The van der Waals surface area contributed by atoms with Crippen LogP contribution < -0.4 is 10.6 Å². The summed E-state index contributed by atoms with van der Waals surface area (Å²) in [6, 6.07) is 4.06. The molecule has 3 heterocycles. The maximum Gasteiger partial charge on any atom is 0.322 e. The molecule has 2 amide bonds. The smallest absolute Gasteiger partial charge is 0.322 e. The lowest BCUT2D eigenvalue weighted by Crippen LogP contribution is -2.33. The molecule has 1 aromatic carbocycles. The van der Waals surface area contributed by atoms with E-state index in [-0.39, 0.29) is 30.5 Å². The molecule has 8 nitrogen and oxygen atoms in total. The number of urea groups is 1. The topological polar surface area (TPSA) is 94.8 Å². The van der Waals surface area contributed by atoms with E-state index in [1.165, 1.54) is 15.6 Å². The highest BCUT2D eigenvalue weighted by Crippen LogP contribution is 2.23. The van der Waals surface area contributed by atoms with Crippen LogP contribution in [0.3, 0.4) is 0 Å². The summed E-state index contributed by atoms with van der Waals surface area (Å²) in [6.45, 7) is 2.45. The predicted molar refractivity (Wildman–Crippen MR) is 110 cm³/mol. The fourth-order valence-corrected chi connectivity index (χ4v) is 3.30. The molecule has 3 aromatic rings. The van der Waals surface area contributed by atoms with Crippen molar-refractivity contribution in [2.75, 3.05) is 23.7 Å². The highest BCUT2D eigenvalue weighted by molar-refractivity contribution is 5.93. The van der Waals surface area contributed by atoms with E-state index in [1.807, 2.05) is 0 Å². The summed E-state index contributed by atoms with van der Waals surface area (Å²) in [6.07, 6.45) is 3.16. The number of aromatic nitrogens is 3. The number of fused-ring (bicyclic) bond motifs is 1. The van der Waals surface area contributed by atoms with Gasteiger partial charge in [0, 0.05) is 24.8 Å². The van der Waals surface area contributed by atoms with Gasteiger partial charge in [-0.1, -0.05) is 0 Å². The number of rotatable bonds is 4. The van der Waals surface area contributed by atoms with E-state index in [9.17, 15) is 18.7 Å². The van der Waals surface area contributed by atoms with Crippen molar-refractivity contribution in [3.8, 4) is 0 Å². The van der Waals surface area contributed by atoms with E-state index >= 15 is 0 Å². The van der Waals surface area contributed by atoms with Crippen LogP contribution in [-0.2, 0) is 0 Å². The van der Waals surface area contributed by atoms with Crippen molar-refractivity contribution in [2.45, 2.75) is 25.5 Å². The molecule has 0 aliphatic carbocycles. The Bertz CT molecular complexity index is 1060. The number of β-amino-alcohol motifs (C(OH)–C–C–N with tert-alkyl or cyclic N) is 1. The molecule has 1 aliphatic rings. The average Bonchev–Trinajstić information content (AvgIpc) is 3.30. The molecule has 2 atom stereocenters. The zero-order valence-electron chi connectivity index (χ0n) is 16.0. The zero-order valence-corrected chi connectivity index (χ0v) is 16.9. The number of nitrogens with one attached hydrogen (secondary N) is 2. The van der Waals surface area contributed by atoms with Gasteiger partial charge in [0.25, 0.3) is 0 Å². The number of hydrogen-bond acceptors (Lipinski definition) is 5. The van der Waals surface area contributed by atoms with E-state index in [0.717, 1.165) is 18.2 Å². The average molecular weight is 439 g/mol. The van der Waals surface area contributed by atoms with Gasteiger partial charge in [0.05, 0.1) is 18.3 Å². The van der Waals surface area contributed by atoms with Crippen LogP contribution in [-0.4, -0.2) is 49.8 Å². The third kappa shape index (κ3) is 4.44. The van der Waals surface area contributed by atoms with Gasteiger partial charge in [0.1, 0.15) is 23.1 Å². The summed E-state index contributed by atoms with van der Waals surface area (Å²) >= 11 is 0. The molecule has 0 spiro atoms. The van der Waals surface area contributed by atoms with Crippen LogP contribution >= 0.6 is 12.4 Å². The molecule has 1 saturated heterocycles. The van der Waals surface area contributed by atoms with Gasteiger partial charge in [0.15, 0.2) is 5.65 Å². The first-order valence-electron chi connectivity index (χ1n) is 9.20. The summed E-state index contributed by atoms with van der Waals surface area (Å²) < 4.78 is 28.9. The standard InChI is InChI=1S/C19H20F2N6O2.ClH/c1-11(14-8-12(20)2-3-15(14)21)23-17-5-7-27-18(25-17)16(9-22-27)24-19(29)26-6-4-13(28)10-26;/h2-3,5,7-9,11,13,28H,4,6,10H2,1H3,(H,23,25)(H,24,29);1H/t11-,13+;/m1./s1. The van der Waals surface area contributed by atoms with Gasteiger partial charge < -0.3 is 20.6 Å². The Labute approximate surface area is 177 Å². The molecule has 3 N–H and O–H groups in total. The molecule has 4 rings (SSSR count). The van der Waals surface area contributed by atoms with Gasteiger partial charge in [-0.05, 0) is 37.6 Å². The second-order valence-corrected chi connectivity index (χ2v) is 6.99. The third-order valence-corrected chi connectivity index (χ3v) is 4.85. The SMILES string of the molecule is C[C@@H](Nc1ccn2ncc(NC(=O)N3CC[C@H](O)C3)c2n1)c1cc(F)ccc1F.Cl. The number of benzene rings is 1. The molecule has 1 fully saturated rings. The fraction of sp³-hybridized carbons (Fsp3) is 0.316. The minimum atomic E-state index is -0.535. The first kappa shape index (κ1) is 21.7. The molecular formula is C19H21ClF2N6O2. The maximum atomic E-state index is 14.0. The summed E-state index contributed by atoms with van der Waals surface area (Å²) in [4.78, 5) is 18.3. The molecule has 0 saturated carbocycles. The Kier molecular flexibility index (Phi) is 6.37. The van der Waals surface area contributed by atoms with E-state index < -0.39 is 23.8 Å². The van der Waals surface area contributed by atoms with Crippen molar-refractivity contribution < 1.29 is 18.7 Å². The minimum absolute atomic E-state index is 0. The second-order valence-electron chi connectivity index (χ2n) is 6.99. The fourth-order valence-electron chi connectivity index (χ4n) is 3.30. The van der Waals surface area contributed by atoms with Gasteiger partial charge in [-0.3, -0.25) is 0 Å². The first-order valence-corrected chi connectivity index (χ1v) is 9.20. The molecular weight excluding hydrogens is 418 g/mol. The summed E-state index contributed by atoms with van der Waals surface area (Å²) in [7, 11) is 0. The maximum absolute atomic E-state index is 14.0. The van der Waals surface area contributed by atoms with Crippen LogP contribution in [0.15, 0.2) is 36.7 Å². The van der Waals surface area contributed by atoms with Crippen LogP contribution in [0.2, 0.25) is 0 Å². The number of aliphatic hydroxyl groups excluding tert-OH is 1. The van der Waals surface area contributed by atoms with E-state index in [2.05, 4.69) is 20.7 Å². The molecule has 160 valence electrons. The molecule has 1 aliphatic heterocycles. The van der Waals surface area contributed by atoms with Crippen molar-refractivity contribution in [3.05, 3.63) is 53.9 Å². The third-order valence-electron chi connectivity index (χ3n) is 4.85. The minimum Gasteiger partial charge on any atom is -0.391 e. The second kappa shape index (κ2) is 8.80. The Morgan fingerprint density at radius 2 is 2.13 bits per heavy atom. The summed E-state index contributed by atoms with van der Waals surface area (Å²) in [5.41, 5.74) is 0.987. The largest absolute Gasteiger partial charge is 0.391 e. The normalized spacial score (nSPS) is 16.9. The number of carbonyl (C=O) groups excluding carboxylic acids is 1. The van der Waals surface area contributed by atoms with E-state index in [4.69, 9.17) is 0 Å². The van der Waals surface area contributed by atoms with Gasteiger partial charge >= 0.3 is 6.03 Å². The summed E-state index contributed by atoms with van der Waals surface area (Å²) in [5.74, 6) is -0.620. The number of likely N-dealkylation sites (tertiary alicyclic amines) is 1. The Morgan fingerprint density at radius 3 is 2.87 bits per heavy atom.